The number of nitrogens with zero attached hydrogens (tertiary/aromatic N) is 1. The number of ether oxygens (including phenoxy) is 1. The summed E-state index contributed by atoms with van der Waals surface area (Å²) in [7, 11) is 3.35. The fraction of sp³-hybridized carbons (Fsp3) is 0.368. The van der Waals surface area contributed by atoms with Crippen molar-refractivity contribution in [1.82, 2.24) is 15.7 Å². The first-order valence-electron chi connectivity index (χ1n) is 7.97. The van der Waals surface area contributed by atoms with E-state index < -0.39 is 23.5 Å². The number of benzene rings is 1. The van der Waals surface area contributed by atoms with Gasteiger partial charge in [0.25, 0.3) is 11.8 Å². The second kappa shape index (κ2) is 8.50. The van der Waals surface area contributed by atoms with Crippen LogP contribution in [0.15, 0.2) is 24.3 Å². The summed E-state index contributed by atoms with van der Waals surface area (Å²) >= 11 is 0. The SMILES string of the molecule is CC#CC#Cc1ccc(C(=O)NC(C(=O)NO)C2(OC)CN(C)C2)cc1. The number of carbonyl (C=O) groups excluding carboxylic acids is 2. The number of hydrogen-bond donors (Lipinski definition) is 3. The number of nitrogens with one attached hydrogen (secondary N) is 2. The van der Waals surface area contributed by atoms with Crippen LogP contribution in [0.1, 0.15) is 22.8 Å². The van der Waals surface area contributed by atoms with E-state index in [2.05, 4.69) is 29.0 Å². The molecule has 0 bridgehead atoms. The minimum atomic E-state index is -1.03. The third-order valence-corrected chi connectivity index (χ3v) is 4.20. The van der Waals surface area contributed by atoms with Crippen LogP contribution in [0.25, 0.3) is 0 Å². The van der Waals surface area contributed by atoms with Gasteiger partial charge >= 0.3 is 0 Å². The van der Waals surface area contributed by atoms with E-state index in [1.807, 2.05) is 11.9 Å². The van der Waals surface area contributed by atoms with E-state index >= 15 is 0 Å². The molecule has 1 saturated heterocycles. The van der Waals surface area contributed by atoms with Crippen molar-refractivity contribution in [2.45, 2.75) is 18.6 Å². The molecule has 26 heavy (non-hydrogen) atoms. The summed E-state index contributed by atoms with van der Waals surface area (Å²) in [6.07, 6.45) is 0. The van der Waals surface area contributed by atoms with E-state index in [9.17, 15) is 9.59 Å². The molecule has 1 aromatic carbocycles. The highest BCUT2D eigenvalue weighted by molar-refractivity contribution is 5.98. The van der Waals surface area contributed by atoms with E-state index in [1.54, 1.807) is 36.7 Å². The van der Waals surface area contributed by atoms with E-state index in [0.29, 0.717) is 18.7 Å². The van der Waals surface area contributed by atoms with Gasteiger partial charge in [0.1, 0.15) is 11.6 Å². The number of likely N-dealkylation sites (tertiary alicyclic amines) is 1. The molecule has 1 atom stereocenters. The van der Waals surface area contributed by atoms with E-state index in [0.717, 1.165) is 5.56 Å². The van der Waals surface area contributed by atoms with Crippen LogP contribution < -0.4 is 10.8 Å². The van der Waals surface area contributed by atoms with Gasteiger partial charge in [-0.2, -0.15) is 0 Å². The van der Waals surface area contributed by atoms with Crippen molar-refractivity contribution in [3.8, 4) is 23.7 Å². The first kappa shape index (κ1) is 19.5. The Morgan fingerprint density at radius 2 is 1.92 bits per heavy atom. The van der Waals surface area contributed by atoms with E-state index in [1.165, 1.54) is 7.11 Å². The Morgan fingerprint density at radius 3 is 2.42 bits per heavy atom. The smallest absolute Gasteiger partial charge is 0.269 e. The maximum atomic E-state index is 12.5. The molecular formula is C19H21N3O4. The number of hydroxylamine groups is 1. The van der Waals surface area contributed by atoms with E-state index in [-0.39, 0.29) is 0 Å². The molecule has 0 saturated carbocycles. The third kappa shape index (κ3) is 4.22. The average molecular weight is 355 g/mol. The molecule has 1 heterocycles. The summed E-state index contributed by atoms with van der Waals surface area (Å²) in [6, 6.07) is 5.59. The molecule has 0 spiro atoms. The van der Waals surface area contributed by atoms with Gasteiger partial charge in [-0.1, -0.05) is 11.8 Å². The predicted molar refractivity (Wildman–Crippen MR) is 95.2 cm³/mol. The van der Waals surface area contributed by atoms with Gasteiger partial charge in [0.15, 0.2) is 0 Å². The zero-order valence-corrected chi connectivity index (χ0v) is 14.9. The van der Waals surface area contributed by atoms with Gasteiger partial charge in [-0.25, -0.2) is 5.48 Å². The molecule has 1 aliphatic heterocycles. The van der Waals surface area contributed by atoms with E-state index in [4.69, 9.17) is 9.94 Å². The van der Waals surface area contributed by atoms with Crippen molar-refractivity contribution in [3.05, 3.63) is 35.4 Å². The normalized spacial score (nSPS) is 16.0. The van der Waals surface area contributed by atoms with Crippen molar-refractivity contribution in [2.75, 3.05) is 27.2 Å². The zero-order valence-electron chi connectivity index (χ0n) is 14.9. The Bertz CT molecular complexity index is 790. The Morgan fingerprint density at radius 1 is 1.27 bits per heavy atom. The minimum Gasteiger partial charge on any atom is -0.373 e. The molecule has 2 rings (SSSR count). The molecule has 0 radical (unpaired) electrons. The first-order chi connectivity index (χ1) is 12.5. The maximum Gasteiger partial charge on any atom is 0.269 e. The molecular weight excluding hydrogens is 334 g/mol. The topological polar surface area (TPSA) is 90.9 Å². The number of carbonyl (C=O) groups is 2. The van der Waals surface area contributed by atoms with Gasteiger partial charge in [-0.05, 0) is 50.1 Å². The minimum absolute atomic E-state index is 0.367. The summed E-state index contributed by atoms with van der Waals surface area (Å²) < 4.78 is 5.48. The summed E-state index contributed by atoms with van der Waals surface area (Å²) in [6.45, 7) is 2.61. The largest absolute Gasteiger partial charge is 0.373 e. The molecule has 0 aliphatic carbocycles. The lowest BCUT2D eigenvalue weighted by atomic mass is 9.85. The number of amides is 2. The maximum absolute atomic E-state index is 12.5. The molecule has 1 aliphatic rings. The highest BCUT2D eigenvalue weighted by Gasteiger charge is 2.52. The van der Waals surface area contributed by atoms with Crippen molar-refractivity contribution >= 4 is 11.8 Å². The average Bonchev–Trinajstić information content (AvgIpc) is 2.63. The van der Waals surface area contributed by atoms with Gasteiger partial charge in [0.05, 0.1) is 0 Å². The zero-order chi connectivity index (χ0) is 19.2. The molecule has 7 nitrogen and oxygen atoms in total. The van der Waals surface area contributed by atoms with Crippen LogP contribution in [-0.4, -0.2) is 60.8 Å². The number of rotatable bonds is 5. The third-order valence-electron chi connectivity index (χ3n) is 4.20. The molecule has 2 amide bonds. The summed E-state index contributed by atoms with van der Waals surface area (Å²) in [5, 5.41) is 11.7. The molecule has 7 heteroatoms. The number of likely N-dealkylation sites (N-methyl/N-ethyl adjacent to an activating group) is 1. The van der Waals surface area contributed by atoms with Crippen LogP contribution in [0.4, 0.5) is 0 Å². The van der Waals surface area contributed by atoms with Gasteiger partial charge in [0, 0.05) is 31.3 Å². The molecule has 1 fully saturated rings. The second-order valence-corrected chi connectivity index (χ2v) is 6.03. The van der Waals surface area contributed by atoms with Crippen LogP contribution in [-0.2, 0) is 9.53 Å². The lowest BCUT2D eigenvalue weighted by Gasteiger charge is -2.50. The van der Waals surface area contributed by atoms with Gasteiger partial charge in [0.2, 0.25) is 0 Å². The lowest BCUT2D eigenvalue weighted by molar-refractivity contribution is -0.160. The fourth-order valence-corrected chi connectivity index (χ4v) is 2.88. The summed E-state index contributed by atoms with van der Waals surface area (Å²) in [4.78, 5) is 26.6. The van der Waals surface area contributed by atoms with Crippen molar-refractivity contribution in [1.29, 1.82) is 0 Å². The predicted octanol–water partition coefficient (Wildman–Crippen LogP) is -0.00420. The molecule has 0 aromatic heterocycles. The standard InChI is InChI=1S/C19H21N3O4/c1-4-5-6-7-14-8-10-15(11-9-14)17(23)20-16(18(24)21-25)19(26-3)12-22(2)13-19/h8-11,16,25H,12-13H2,1-3H3,(H,20,23)(H,21,24). The van der Waals surface area contributed by atoms with Crippen LogP contribution in [0.2, 0.25) is 0 Å². The molecule has 3 N–H and O–H groups in total. The van der Waals surface area contributed by atoms with Crippen LogP contribution >= 0.6 is 0 Å². The van der Waals surface area contributed by atoms with Crippen molar-refractivity contribution < 1.29 is 19.5 Å². The Kier molecular flexibility index (Phi) is 6.37. The van der Waals surface area contributed by atoms with Gasteiger partial charge < -0.3 is 15.0 Å². The van der Waals surface area contributed by atoms with Crippen LogP contribution in [0, 0.1) is 23.7 Å². The molecule has 136 valence electrons. The lowest BCUT2D eigenvalue weighted by Crippen LogP contribution is -2.74. The highest BCUT2D eigenvalue weighted by atomic mass is 16.5. The van der Waals surface area contributed by atoms with Gasteiger partial charge in [-0.15, -0.1) is 0 Å². The molecule has 1 unspecified atom stereocenters. The number of hydrogen-bond acceptors (Lipinski definition) is 5. The summed E-state index contributed by atoms with van der Waals surface area (Å²) in [5.41, 5.74) is 1.80. The quantitative estimate of drug-likeness (QED) is 0.393. The first-order valence-corrected chi connectivity index (χ1v) is 7.97. The van der Waals surface area contributed by atoms with Gasteiger partial charge in [-0.3, -0.25) is 14.8 Å². The van der Waals surface area contributed by atoms with Crippen LogP contribution in [0.5, 0.6) is 0 Å². The highest BCUT2D eigenvalue weighted by Crippen LogP contribution is 2.27. The fourth-order valence-electron chi connectivity index (χ4n) is 2.88. The Labute approximate surface area is 152 Å². The summed E-state index contributed by atoms with van der Waals surface area (Å²) in [5.74, 6) is 9.69. The monoisotopic (exact) mass is 355 g/mol. The van der Waals surface area contributed by atoms with Crippen molar-refractivity contribution in [2.24, 2.45) is 0 Å². The van der Waals surface area contributed by atoms with Crippen molar-refractivity contribution in [3.63, 3.8) is 0 Å². The second-order valence-electron chi connectivity index (χ2n) is 6.03. The Balaban J connectivity index is 2.15. The molecule has 1 aromatic rings. The number of methoxy groups -OCH3 is 1. The Hall–Kier alpha value is -2.84. The van der Waals surface area contributed by atoms with Crippen LogP contribution in [0.3, 0.4) is 0 Å².